The van der Waals surface area contributed by atoms with Crippen molar-refractivity contribution in [1.29, 1.82) is 0 Å². The summed E-state index contributed by atoms with van der Waals surface area (Å²) in [4.78, 5) is 9.19. The van der Waals surface area contributed by atoms with Gasteiger partial charge in [-0.2, -0.15) is 0 Å². The lowest BCUT2D eigenvalue weighted by Crippen LogP contribution is -2.48. The average Bonchev–Trinajstić information content (AvgIpc) is 2.93. The summed E-state index contributed by atoms with van der Waals surface area (Å²) < 4.78 is 5.51. The van der Waals surface area contributed by atoms with Crippen LogP contribution < -0.4 is 4.74 Å². The molecule has 2 aromatic rings. The Morgan fingerprint density at radius 2 is 1.90 bits per heavy atom. The molecule has 29 heavy (non-hydrogen) atoms. The van der Waals surface area contributed by atoms with Gasteiger partial charge in [0.1, 0.15) is 5.75 Å². The fraction of sp³-hybridized carbons (Fsp3) is 0.478. The summed E-state index contributed by atoms with van der Waals surface area (Å²) in [5, 5.41) is 9.13. The SMILES string of the molecule is COc1ccc2c(c1)CC(N1CCN(CCCO)CC1)c1cc(SC)ccc1S2. The van der Waals surface area contributed by atoms with E-state index >= 15 is 0 Å². The molecule has 0 bridgehead atoms. The number of methoxy groups -OCH3 is 1. The van der Waals surface area contributed by atoms with Crippen molar-refractivity contribution in [3.63, 3.8) is 0 Å². The summed E-state index contributed by atoms with van der Waals surface area (Å²) in [6.07, 6.45) is 4.04. The topological polar surface area (TPSA) is 35.9 Å². The Bertz CT molecular complexity index is 838. The second-order valence-corrected chi connectivity index (χ2v) is 9.62. The molecule has 1 saturated heterocycles. The largest absolute Gasteiger partial charge is 0.497 e. The zero-order valence-corrected chi connectivity index (χ0v) is 18.9. The van der Waals surface area contributed by atoms with Crippen LogP contribution in [-0.2, 0) is 6.42 Å². The Balaban J connectivity index is 1.64. The summed E-state index contributed by atoms with van der Waals surface area (Å²) in [5.41, 5.74) is 2.84. The molecule has 4 nitrogen and oxygen atoms in total. The maximum Gasteiger partial charge on any atom is 0.119 e. The normalized spacial score (nSPS) is 20.0. The van der Waals surface area contributed by atoms with E-state index < -0.39 is 0 Å². The van der Waals surface area contributed by atoms with Crippen molar-refractivity contribution in [3.05, 3.63) is 47.5 Å². The van der Waals surface area contributed by atoms with Gasteiger partial charge in [-0.1, -0.05) is 11.8 Å². The highest BCUT2D eigenvalue weighted by atomic mass is 32.2. The van der Waals surface area contributed by atoms with Crippen LogP contribution in [0.4, 0.5) is 0 Å². The number of piperazine rings is 1. The molecule has 0 aliphatic carbocycles. The number of benzene rings is 2. The summed E-state index contributed by atoms with van der Waals surface area (Å²) in [6, 6.07) is 13.8. The van der Waals surface area contributed by atoms with Crippen molar-refractivity contribution in [2.24, 2.45) is 0 Å². The van der Waals surface area contributed by atoms with Crippen molar-refractivity contribution >= 4 is 23.5 Å². The molecule has 4 rings (SSSR count). The van der Waals surface area contributed by atoms with Crippen LogP contribution in [0.3, 0.4) is 0 Å². The summed E-state index contributed by atoms with van der Waals surface area (Å²) in [7, 11) is 1.74. The number of thioether (sulfide) groups is 1. The number of rotatable bonds is 6. The highest BCUT2D eigenvalue weighted by Gasteiger charge is 2.30. The smallest absolute Gasteiger partial charge is 0.119 e. The molecule has 0 amide bonds. The molecule has 0 radical (unpaired) electrons. The Morgan fingerprint density at radius 1 is 1.10 bits per heavy atom. The predicted octanol–water partition coefficient (Wildman–Crippen LogP) is 4.17. The van der Waals surface area contributed by atoms with Gasteiger partial charge in [0.05, 0.1) is 7.11 Å². The Kier molecular flexibility index (Phi) is 7.08. The Morgan fingerprint density at radius 3 is 2.62 bits per heavy atom. The van der Waals surface area contributed by atoms with Crippen molar-refractivity contribution in [2.45, 2.75) is 33.6 Å². The van der Waals surface area contributed by atoms with E-state index in [4.69, 9.17) is 9.84 Å². The van der Waals surface area contributed by atoms with Crippen LogP contribution >= 0.6 is 23.5 Å². The predicted molar refractivity (Wildman–Crippen MR) is 122 cm³/mol. The fourth-order valence-corrected chi connectivity index (χ4v) is 5.85. The molecule has 6 heteroatoms. The molecule has 156 valence electrons. The van der Waals surface area contributed by atoms with Gasteiger partial charge in [-0.3, -0.25) is 4.90 Å². The van der Waals surface area contributed by atoms with Gasteiger partial charge >= 0.3 is 0 Å². The highest BCUT2D eigenvalue weighted by Crippen LogP contribution is 2.45. The van der Waals surface area contributed by atoms with E-state index in [2.05, 4.69) is 52.5 Å². The van der Waals surface area contributed by atoms with Crippen molar-refractivity contribution in [1.82, 2.24) is 9.80 Å². The van der Waals surface area contributed by atoms with Crippen LogP contribution in [0.25, 0.3) is 0 Å². The maximum absolute atomic E-state index is 9.13. The van der Waals surface area contributed by atoms with Crippen LogP contribution in [0.5, 0.6) is 5.75 Å². The third kappa shape index (κ3) is 4.78. The molecular weight excluding hydrogens is 400 g/mol. The Labute approximate surface area is 182 Å². The second-order valence-electron chi connectivity index (χ2n) is 7.65. The number of ether oxygens (including phenoxy) is 1. The first-order chi connectivity index (χ1) is 14.2. The molecule has 1 fully saturated rings. The van der Waals surface area contributed by atoms with Gasteiger partial charge in [-0.15, -0.1) is 11.8 Å². The van der Waals surface area contributed by atoms with Gasteiger partial charge in [-0.25, -0.2) is 0 Å². The standard InChI is InChI=1S/C23H30N2O2S2/c1-27-18-4-6-22-17(14-18)15-21(20-16-19(28-2)5-7-23(20)29-22)25-11-9-24(10-12-25)8-3-13-26/h4-7,14,16,21,26H,3,8-13,15H2,1-2H3. The van der Waals surface area contributed by atoms with Crippen molar-refractivity contribution in [2.75, 3.05) is 52.7 Å². The van der Waals surface area contributed by atoms with Gasteiger partial charge in [0, 0.05) is 60.1 Å². The highest BCUT2D eigenvalue weighted by molar-refractivity contribution is 7.99. The molecule has 0 saturated carbocycles. The number of hydrogen-bond donors (Lipinski definition) is 1. The zero-order valence-electron chi connectivity index (χ0n) is 17.3. The molecular formula is C23H30N2O2S2. The quantitative estimate of drug-likeness (QED) is 0.694. The molecule has 0 spiro atoms. The first-order valence-electron chi connectivity index (χ1n) is 10.3. The van der Waals surface area contributed by atoms with E-state index in [1.54, 1.807) is 7.11 Å². The van der Waals surface area contributed by atoms with Gasteiger partial charge in [0.2, 0.25) is 0 Å². The van der Waals surface area contributed by atoms with E-state index in [0.29, 0.717) is 6.04 Å². The van der Waals surface area contributed by atoms with Crippen LogP contribution in [0.15, 0.2) is 51.1 Å². The monoisotopic (exact) mass is 430 g/mol. The minimum atomic E-state index is 0.281. The van der Waals surface area contributed by atoms with Crippen molar-refractivity contribution < 1.29 is 9.84 Å². The molecule has 1 atom stereocenters. The van der Waals surface area contributed by atoms with E-state index in [1.165, 1.54) is 25.8 Å². The first-order valence-corrected chi connectivity index (χ1v) is 12.4. The number of aliphatic hydroxyl groups excluding tert-OH is 1. The summed E-state index contributed by atoms with van der Waals surface area (Å²) in [6.45, 7) is 5.58. The Hall–Kier alpha value is -1.18. The lowest BCUT2D eigenvalue weighted by molar-refractivity contribution is 0.0898. The molecule has 2 aromatic carbocycles. The van der Waals surface area contributed by atoms with Crippen LogP contribution in [0.2, 0.25) is 0 Å². The summed E-state index contributed by atoms with van der Waals surface area (Å²) >= 11 is 3.71. The molecule has 1 N–H and O–H groups in total. The van der Waals surface area contributed by atoms with Crippen LogP contribution in [0, 0.1) is 0 Å². The lowest BCUT2D eigenvalue weighted by atomic mass is 9.96. The number of aliphatic hydroxyl groups is 1. The van der Waals surface area contributed by atoms with Gasteiger partial charge in [-0.05, 0) is 66.6 Å². The van der Waals surface area contributed by atoms with Gasteiger partial charge in [0.25, 0.3) is 0 Å². The van der Waals surface area contributed by atoms with E-state index in [0.717, 1.165) is 51.3 Å². The number of nitrogens with zero attached hydrogens (tertiary/aromatic N) is 2. The molecule has 1 unspecified atom stereocenters. The third-order valence-electron chi connectivity index (χ3n) is 5.96. The number of hydrogen-bond acceptors (Lipinski definition) is 6. The van der Waals surface area contributed by atoms with E-state index in [-0.39, 0.29) is 6.61 Å². The average molecular weight is 431 g/mol. The third-order valence-corrected chi connectivity index (χ3v) is 7.89. The van der Waals surface area contributed by atoms with E-state index in [9.17, 15) is 0 Å². The van der Waals surface area contributed by atoms with Crippen molar-refractivity contribution in [3.8, 4) is 5.75 Å². The molecule has 2 aliphatic rings. The molecule has 2 heterocycles. The first kappa shape index (κ1) is 21.1. The summed E-state index contributed by atoms with van der Waals surface area (Å²) in [5.74, 6) is 0.938. The van der Waals surface area contributed by atoms with E-state index in [1.807, 2.05) is 23.5 Å². The molecule has 2 aliphatic heterocycles. The minimum absolute atomic E-state index is 0.281. The fourth-order valence-electron chi connectivity index (χ4n) is 4.30. The van der Waals surface area contributed by atoms with Crippen LogP contribution in [0.1, 0.15) is 23.6 Å². The van der Waals surface area contributed by atoms with Crippen LogP contribution in [-0.4, -0.2) is 67.6 Å². The van der Waals surface area contributed by atoms with Gasteiger partial charge in [0.15, 0.2) is 0 Å². The minimum Gasteiger partial charge on any atom is -0.497 e. The maximum atomic E-state index is 9.13. The van der Waals surface area contributed by atoms with Gasteiger partial charge < -0.3 is 14.7 Å². The second kappa shape index (κ2) is 9.75. The lowest BCUT2D eigenvalue weighted by Gasteiger charge is -2.39. The molecule has 0 aromatic heterocycles. The number of fused-ring (bicyclic) bond motifs is 2. The zero-order chi connectivity index (χ0) is 20.2.